The predicted octanol–water partition coefficient (Wildman–Crippen LogP) is 2.65. The van der Waals surface area contributed by atoms with Crippen LogP contribution in [0.2, 0.25) is 0 Å². The summed E-state index contributed by atoms with van der Waals surface area (Å²) >= 11 is 0. The van der Waals surface area contributed by atoms with Gasteiger partial charge in [0.2, 0.25) is 0 Å². The van der Waals surface area contributed by atoms with Crippen LogP contribution >= 0.6 is 0 Å². The van der Waals surface area contributed by atoms with E-state index in [1.807, 2.05) is 51.0 Å². The van der Waals surface area contributed by atoms with Crippen molar-refractivity contribution < 1.29 is 0 Å². The third-order valence-electron chi connectivity index (χ3n) is 4.42. The first-order valence-electron chi connectivity index (χ1n) is 8.24. The van der Waals surface area contributed by atoms with Gasteiger partial charge in [-0.25, -0.2) is 4.98 Å². The van der Waals surface area contributed by atoms with Crippen molar-refractivity contribution in [1.82, 2.24) is 15.2 Å². The molecule has 2 heterocycles. The van der Waals surface area contributed by atoms with Gasteiger partial charge >= 0.3 is 0 Å². The fourth-order valence-corrected chi connectivity index (χ4v) is 2.85. The largest absolute Gasteiger partial charge is 0.363 e. The van der Waals surface area contributed by atoms with Gasteiger partial charge < -0.3 is 16.0 Å². The van der Waals surface area contributed by atoms with Crippen molar-refractivity contribution in [3.05, 3.63) is 52.8 Å². The highest BCUT2D eigenvalue weighted by Gasteiger charge is 2.15. The Morgan fingerprint density at radius 3 is 2.65 bits per heavy atom. The third-order valence-corrected chi connectivity index (χ3v) is 4.42. The molecule has 7 nitrogen and oxygen atoms in total. The molecule has 1 atom stereocenters. The normalized spacial score (nSPS) is 11.8. The van der Waals surface area contributed by atoms with Gasteiger partial charge in [0, 0.05) is 31.1 Å². The molecule has 0 unspecified atom stereocenters. The zero-order valence-corrected chi connectivity index (χ0v) is 15.3. The molecular formula is C19H21N7. The lowest BCUT2D eigenvalue weighted by Crippen LogP contribution is -2.22. The maximum atomic E-state index is 9.22. The Morgan fingerprint density at radius 1 is 1.19 bits per heavy atom. The van der Waals surface area contributed by atoms with Crippen molar-refractivity contribution in [2.24, 2.45) is 5.73 Å². The lowest BCUT2D eigenvalue weighted by Gasteiger charge is -2.19. The molecule has 0 aliphatic rings. The molecule has 0 aliphatic heterocycles. The molecule has 2 aromatic heterocycles. The van der Waals surface area contributed by atoms with Gasteiger partial charge in [0.05, 0.1) is 17.3 Å². The van der Waals surface area contributed by atoms with Crippen LogP contribution in [0.3, 0.4) is 0 Å². The summed E-state index contributed by atoms with van der Waals surface area (Å²) in [6.07, 6.45) is 1.28. The van der Waals surface area contributed by atoms with Gasteiger partial charge in [0.1, 0.15) is 12.0 Å². The highest BCUT2D eigenvalue weighted by atomic mass is 15.2. The molecule has 3 aromatic rings. The molecule has 0 fully saturated rings. The van der Waals surface area contributed by atoms with Gasteiger partial charge in [-0.15, -0.1) is 5.10 Å². The Labute approximate surface area is 152 Å². The van der Waals surface area contributed by atoms with Crippen LogP contribution < -0.4 is 16.0 Å². The van der Waals surface area contributed by atoms with Gasteiger partial charge in [0.25, 0.3) is 0 Å². The number of anilines is 2. The van der Waals surface area contributed by atoms with Crippen molar-refractivity contribution in [2.75, 3.05) is 24.3 Å². The molecule has 3 rings (SSSR count). The molecule has 132 valence electrons. The van der Waals surface area contributed by atoms with Crippen molar-refractivity contribution >= 4 is 22.4 Å². The van der Waals surface area contributed by atoms with E-state index in [0.717, 1.165) is 33.4 Å². The van der Waals surface area contributed by atoms with Crippen molar-refractivity contribution in [1.29, 1.82) is 5.26 Å². The minimum Gasteiger partial charge on any atom is -0.363 e. The smallest absolute Gasteiger partial charge is 0.158 e. The van der Waals surface area contributed by atoms with Crippen LogP contribution in [0.25, 0.3) is 10.8 Å². The van der Waals surface area contributed by atoms with Gasteiger partial charge in [-0.3, -0.25) is 0 Å². The topological polar surface area (TPSA) is 104 Å². The zero-order chi connectivity index (χ0) is 18.8. The lowest BCUT2D eigenvalue weighted by molar-refractivity contribution is 0.812. The summed E-state index contributed by atoms with van der Waals surface area (Å²) in [5.41, 5.74) is 9.48. The second-order valence-electron chi connectivity index (χ2n) is 6.37. The number of nitrogens with one attached hydrogen (secondary N) is 1. The average Bonchev–Trinajstić information content (AvgIpc) is 2.63. The number of nitriles is 1. The van der Waals surface area contributed by atoms with Crippen LogP contribution in [-0.4, -0.2) is 29.3 Å². The van der Waals surface area contributed by atoms with Crippen molar-refractivity contribution in [2.45, 2.75) is 20.0 Å². The minimum absolute atomic E-state index is 0.514. The molecular weight excluding hydrogens is 326 g/mol. The standard InChI is InChI=1S/C19H21N7/c1-11-13(9-20)6-5-7-14(11)18(21)23-19-15-8-17(26(3)4)22-10-16(15)12(2)24-25-19/h5-8,10,18H,21H2,1-4H3,(H,23,25)/t18-/m0/s1. The Kier molecular flexibility index (Phi) is 4.69. The molecule has 1 aromatic carbocycles. The first kappa shape index (κ1) is 17.6. The van der Waals surface area contributed by atoms with Gasteiger partial charge in [-0.1, -0.05) is 12.1 Å². The monoisotopic (exact) mass is 347 g/mol. The van der Waals surface area contributed by atoms with E-state index in [2.05, 4.69) is 26.6 Å². The van der Waals surface area contributed by atoms with E-state index in [1.165, 1.54) is 0 Å². The molecule has 0 saturated carbocycles. The van der Waals surface area contributed by atoms with Gasteiger partial charge in [0.15, 0.2) is 5.82 Å². The van der Waals surface area contributed by atoms with E-state index in [4.69, 9.17) is 5.73 Å². The second kappa shape index (κ2) is 6.94. The van der Waals surface area contributed by atoms with Crippen LogP contribution in [0.5, 0.6) is 0 Å². The Bertz CT molecular complexity index is 1000. The van der Waals surface area contributed by atoms with E-state index in [9.17, 15) is 5.26 Å². The first-order chi connectivity index (χ1) is 12.4. The number of aryl methyl sites for hydroxylation is 1. The number of hydrogen-bond donors (Lipinski definition) is 2. The first-order valence-corrected chi connectivity index (χ1v) is 8.24. The molecule has 0 saturated heterocycles. The number of aromatic nitrogens is 3. The molecule has 0 bridgehead atoms. The fraction of sp³-hybridized carbons (Fsp3) is 0.263. The highest BCUT2D eigenvalue weighted by molar-refractivity contribution is 5.94. The van der Waals surface area contributed by atoms with Gasteiger partial charge in [-0.2, -0.15) is 10.4 Å². The van der Waals surface area contributed by atoms with Crippen LogP contribution in [0.4, 0.5) is 11.6 Å². The molecule has 0 radical (unpaired) electrons. The zero-order valence-electron chi connectivity index (χ0n) is 15.3. The Hall–Kier alpha value is -3.24. The van der Waals surface area contributed by atoms with E-state index in [1.54, 1.807) is 12.3 Å². The quantitative estimate of drug-likeness (QED) is 0.699. The van der Waals surface area contributed by atoms with Crippen LogP contribution in [0.15, 0.2) is 30.5 Å². The summed E-state index contributed by atoms with van der Waals surface area (Å²) in [5.74, 6) is 1.41. The molecule has 0 spiro atoms. The van der Waals surface area contributed by atoms with Crippen LogP contribution in [-0.2, 0) is 0 Å². The molecule has 26 heavy (non-hydrogen) atoms. The van der Waals surface area contributed by atoms with E-state index < -0.39 is 6.17 Å². The number of benzene rings is 1. The maximum Gasteiger partial charge on any atom is 0.158 e. The van der Waals surface area contributed by atoms with Crippen LogP contribution in [0, 0.1) is 25.2 Å². The summed E-state index contributed by atoms with van der Waals surface area (Å²) in [7, 11) is 3.87. The second-order valence-corrected chi connectivity index (χ2v) is 6.37. The number of fused-ring (bicyclic) bond motifs is 1. The third kappa shape index (κ3) is 3.15. The van der Waals surface area contributed by atoms with E-state index in [-0.39, 0.29) is 0 Å². The maximum absolute atomic E-state index is 9.22. The number of nitrogens with two attached hydrogens (primary N) is 1. The Balaban J connectivity index is 2.05. The minimum atomic E-state index is -0.514. The summed E-state index contributed by atoms with van der Waals surface area (Å²) in [4.78, 5) is 6.38. The van der Waals surface area contributed by atoms with Gasteiger partial charge in [-0.05, 0) is 37.1 Å². The van der Waals surface area contributed by atoms with Crippen LogP contribution in [0.1, 0.15) is 28.6 Å². The SMILES string of the molecule is Cc1c(C#N)cccc1[C@@H](N)Nc1nnc(C)c2cnc(N(C)C)cc12. The molecule has 0 aliphatic carbocycles. The summed E-state index contributed by atoms with van der Waals surface area (Å²) in [6, 6.07) is 9.66. The predicted molar refractivity (Wildman–Crippen MR) is 103 cm³/mol. The number of rotatable bonds is 4. The van der Waals surface area contributed by atoms with Crippen molar-refractivity contribution in [3.8, 4) is 6.07 Å². The summed E-state index contributed by atoms with van der Waals surface area (Å²) in [6.45, 7) is 3.79. The number of hydrogen-bond acceptors (Lipinski definition) is 7. The van der Waals surface area contributed by atoms with E-state index in [0.29, 0.717) is 11.4 Å². The van der Waals surface area contributed by atoms with Crippen molar-refractivity contribution in [3.63, 3.8) is 0 Å². The fourth-order valence-electron chi connectivity index (χ4n) is 2.85. The average molecular weight is 347 g/mol. The molecule has 7 heteroatoms. The molecule has 0 amide bonds. The number of pyridine rings is 1. The summed E-state index contributed by atoms with van der Waals surface area (Å²) in [5, 5.41) is 22.8. The Morgan fingerprint density at radius 2 is 1.96 bits per heavy atom. The van der Waals surface area contributed by atoms with E-state index >= 15 is 0 Å². The lowest BCUT2D eigenvalue weighted by atomic mass is 10.0. The number of nitrogens with zero attached hydrogens (tertiary/aromatic N) is 5. The summed E-state index contributed by atoms with van der Waals surface area (Å²) < 4.78 is 0. The molecule has 3 N–H and O–H groups in total. The highest BCUT2D eigenvalue weighted by Crippen LogP contribution is 2.28.